The third-order valence-corrected chi connectivity index (χ3v) is 3.38. The topological polar surface area (TPSA) is 80.3 Å². The predicted octanol–water partition coefficient (Wildman–Crippen LogP) is 1.87. The van der Waals surface area contributed by atoms with Crippen molar-refractivity contribution in [2.45, 2.75) is 45.1 Å². The number of amides is 2. The molecule has 0 bridgehead atoms. The van der Waals surface area contributed by atoms with Crippen molar-refractivity contribution in [2.75, 3.05) is 11.9 Å². The Morgan fingerprint density at radius 2 is 2.05 bits per heavy atom. The first-order valence-corrected chi connectivity index (χ1v) is 7.29. The summed E-state index contributed by atoms with van der Waals surface area (Å²) in [5.74, 6) is 0.0925. The molecule has 0 radical (unpaired) electrons. The van der Waals surface area contributed by atoms with Crippen LogP contribution in [0, 0.1) is 0 Å². The third-order valence-electron chi connectivity index (χ3n) is 3.38. The number of ether oxygens (including phenoxy) is 1. The van der Waals surface area contributed by atoms with E-state index in [0.29, 0.717) is 11.6 Å². The van der Waals surface area contributed by atoms with Gasteiger partial charge in [0.05, 0.1) is 11.9 Å². The molecule has 1 aromatic rings. The maximum atomic E-state index is 11.8. The highest BCUT2D eigenvalue weighted by Gasteiger charge is 2.15. The maximum absolute atomic E-state index is 11.8. The number of carbonyl (C=O) groups excluding carboxylic acids is 2. The average Bonchev–Trinajstić information content (AvgIpc) is 2.47. The van der Waals surface area contributed by atoms with E-state index in [9.17, 15) is 9.59 Å². The van der Waals surface area contributed by atoms with E-state index < -0.39 is 0 Å². The zero-order chi connectivity index (χ0) is 15.1. The molecule has 2 rings (SSSR count). The summed E-state index contributed by atoms with van der Waals surface area (Å²) in [4.78, 5) is 26.7. The number of hydrogen-bond donors (Lipinski definition) is 2. The van der Waals surface area contributed by atoms with Crippen LogP contribution in [0.4, 0.5) is 5.69 Å². The van der Waals surface area contributed by atoms with Crippen LogP contribution in [0.1, 0.15) is 39.0 Å². The summed E-state index contributed by atoms with van der Waals surface area (Å²) in [6.45, 7) is 1.39. The quantitative estimate of drug-likeness (QED) is 0.868. The van der Waals surface area contributed by atoms with Gasteiger partial charge in [0.25, 0.3) is 5.91 Å². The molecule has 2 amide bonds. The van der Waals surface area contributed by atoms with Gasteiger partial charge in [-0.3, -0.25) is 9.59 Å². The minimum atomic E-state index is -0.155. The molecule has 1 heterocycles. The van der Waals surface area contributed by atoms with Gasteiger partial charge in [0.15, 0.2) is 6.61 Å². The number of anilines is 1. The summed E-state index contributed by atoms with van der Waals surface area (Å²) in [5, 5.41) is 5.59. The first kappa shape index (κ1) is 15.3. The highest BCUT2D eigenvalue weighted by molar-refractivity contribution is 5.88. The van der Waals surface area contributed by atoms with E-state index in [0.717, 1.165) is 12.8 Å². The van der Waals surface area contributed by atoms with Gasteiger partial charge in [0.2, 0.25) is 11.8 Å². The third kappa shape index (κ3) is 5.41. The van der Waals surface area contributed by atoms with Crippen LogP contribution in [0.2, 0.25) is 0 Å². The summed E-state index contributed by atoms with van der Waals surface area (Å²) in [7, 11) is 0. The van der Waals surface area contributed by atoms with Gasteiger partial charge in [-0.15, -0.1) is 0 Å². The van der Waals surface area contributed by atoms with E-state index in [1.54, 1.807) is 12.1 Å². The van der Waals surface area contributed by atoms with Gasteiger partial charge >= 0.3 is 0 Å². The van der Waals surface area contributed by atoms with Crippen molar-refractivity contribution in [3.8, 4) is 5.88 Å². The maximum Gasteiger partial charge on any atom is 0.258 e. The number of nitrogens with one attached hydrogen (secondary N) is 2. The van der Waals surface area contributed by atoms with Gasteiger partial charge < -0.3 is 15.4 Å². The lowest BCUT2D eigenvalue weighted by Crippen LogP contribution is -2.39. The molecule has 1 fully saturated rings. The van der Waals surface area contributed by atoms with Crippen molar-refractivity contribution in [1.29, 1.82) is 0 Å². The minimum Gasteiger partial charge on any atom is -0.468 e. The molecule has 2 N–H and O–H groups in total. The van der Waals surface area contributed by atoms with Gasteiger partial charge in [-0.25, -0.2) is 4.98 Å². The molecular weight excluding hydrogens is 270 g/mol. The fourth-order valence-electron chi connectivity index (χ4n) is 2.40. The lowest BCUT2D eigenvalue weighted by Gasteiger charge is -2.22. The number of hydrogen-bond acceptors (Lipinski definition) is 4. The first-order valence-electron chi connectivity index (χ1n) is 7.29. The molecule has 1 aliphatic rings. The minimum absolute atomic E-state index is 0.0387. The Balaban J connectivity index is 1.74. The largest absolute Gasteiger partial charge is 0.468 e. The van der Waals surface area contributed by atoms with Crippen molar-refractivity contribution in [3.05, 3.63) is 18.3 Å². The van der Waals surface area contributed by atoms with Crippen molar-refractivity contribution in [3.63, 3.8) is 0 Å². The van der Waals surface area contributed by atoms with Gasteiger partial charge in [-0.1, -0.05) is 19.3 Å². The normalized spacial score (nSPS) is 15.3. The standard InChI is InChI=1S/C15H21N3O3/c1-11(19)17-13-7-8-15(16-9-13)21-10-14(20)18-12-5-3-2-4-6-12/h7-9,12H,2-6,10H2,1H3,(H,17,19)(H,18,20). The Bertz CT molecular complexity index is 481. The van der Waals surface area contributed by atoms with Gasteiger partial charge in [-0.05, 0) is 18.9 Å². The van der Waals surface area contributed by atoms with E-state index in [4.69, 9.17) is 4.74 Å². The van der Waals surface area contributed by atoms with E-state index >= 15 is 0 Å². The Morgan fingerprint density at radius 3 is 2.67 bits per heavy atom. The van der Waals surface area contributed by atoms with Crippen LogP contribution in [0.15, 0.2) is 18.3 Å². The highest BCUT2D eigenvalue weighted by atomic mass is 16.5. The Kier molecular flexibility index (Phi) is 5.54. The molecular formula is C15H21N3O3. The molecule has 0 saturated heterocycles. The van der Waals surface area contributed by atoms with Crippen LogP contribution in [0.25, 0.3) is 0 Å². The number of aromatic nitrogens is 1. The number of nitrogens with zero attached hydrogens (tertiary/aromatic N) is 1. The van der Waals surface area contributed by atoms with Crippen LogP contribution in [-0.4, -0.2) is 29.4 Å². The van der Waals surface area contributed by atoms with Crippen molar-refractivity contribution >= 4 is 17.5 Å². The monoisotopic (exact) mass is 291 g/mol. The molecule has 6 nitrogen and oxygen atoms in total. The fourth-order valence-corrected chi connectivity index (χ4v) is 2.40. The summed E-state index contributed by atoms with van der Waals surface area (Å²) >= 11 is 0. The summed E-state index contributed by atoms with van der Waals surface area (Å²) in [6, 6.07) is 3.59. The van der Waals surface area contributed by atoms with Crippen molar-refractivity contribution in [2.24, 2.45) is 0 Å². The van der Waals surface area contributed by atoms with E-state index in [1.807, 2.05) is 0 Å². The van der Waals surface area contributed by atoms with Crippen LogP contribution >= 0.6 is 0 Å². The van der Waals surface area contributed by atoms with Crippen LogP contribution < -0.4 is 15.4 Å². The molecule has 21 heavy (non-hydrogen) atoms. The van der Waals surface area contributed by atoms with Gasteiger partial charge in [-0.2, -0.15) is 0 Å². The smallest absolute Gasteiger partial charge is 0.258 e. The number of carbonyl (C=O) groups is 2. The van der Waals surface area contributed by atoms with E-state index in [1.165, 1.54) is 32.4 Å². The molecule has 0 unspecified atom stereocenters. The zero-order valence-electron chi connectivity index (χ0n) is 12.2. The van der Waals surface area contributed by atoms with Crippen LogP contribution in [-0.2, 0) is 9.59 Å². The molecule has 6 heteroatoms. The second-order valence-electron chi connectivity index (χ2n) is 5.26. The Morgan fingerprint density at radius 1 is 1.29 bits per heavy atom. The molecule has 0 aromatic carbocycles. The number of rotatable bonds is 5. The van der Waals surface area contributed by atoms with E-state index in [-0.39, 0.29) is 24.5 Å². The second-order valence-corrected chi connectivity index (χ2v) is 5.26. The Labute approximate surface area is 124 Å². The van der Waals surface area contributed by atoms with Gasteiger partial charge in [0, 0.05) is 19.0 Å². The van der Waals surface area contributed by atoms with Gasteiger partial charge in [0.1, 0.15) is 0 Å². The molecule has 0 spiro atoms. The van der Waals surface area contributed by atoms with Crippen LogP contribution in [0.5, 0.6) is 5.88 Å². The lowest BCUT2D eigenvalue weighted by atomic mass is 9.95. The first-order chi connectivity index (χ1) is 10.1. The highest BCUT2D eigenvalue weighted by Crippen LogP contribution is 2.17. The summed E-state index contributed by atoms with van der Waals surface area (Å²) < 4.78 is 5.33. The van der Waals surface area contributed by atoms with E-state index in [2.05, 4.69) is 15.6 Å². The van der Waals surface area contributed by atoms with Crippen molar-refractivity contribution < 1.29 is 14.3 Å². The molecule has 0 aliphatic heterocycles. The molecule has 114 valence electrons. The number of pyridine rings is 1. The molecule has 1 aromatic heterocycles. The average molecular weight is 291 g/mol. The summed E-state index contributed by atoms with van der Waals surface area (Å²) in [6.07, 6.45) is 7.21. The SMILES string of the molecule is CC(=O)Nc1ccc(OCC(=O)NC2CCCCC2)nc1. The Hall–Kier alpha value is -2.11. The second kappa shape index (κ2) is 7.61. The predicted molar refractivity (Wildman–Crippen MR) is 79.1 cm³/mol. The molecule has 1 saturated carbocycles. The van der Waals surface area contributed by atoms with Crippen LogP contribution in [0.3, 0.4) is 0 Å². The molecule has 0 atom stereocenters. The van der Waals surface area contributed by atoms with Crippen molar-refractivity contribution in [1.82, 2.24) is 10.3 Å². The summed E-state index contributed by atoms with van der Waals surface area (Å²) in [5.41, 5.74) is 0.599. The lowest BCUT2D eigenvalue weighted by molar-refractivity contribution is -0.124. The fraction of sp³-hybridized carbons (Fsp3) is 0.533. The zero-order valence-corrected chi connectivity index (χ0v) is 12.2. The molecule has 1 aliphatic carbocycles.